The van der Waals surface area contributed by atoms with Gasteiger partial charge in [0.05, 0.1) is 12.5 Å². The summed E-state index contributed by atoms with van der Waals surface area (Å²) in [5.74, 6) is -1.29. The number of hydrogen-bond acceptors (Lipinski definition) is 3. The molecule has 0 saturated carbocycles. The second-order valence-corrected chi connectivity index (χ2v) is 4.65. The number of carboxylic acids is 1. The van der Waals surface area contributed by atoms with E-state index in [-0.39, 0.29) is 5.91 Å². The smallest absolute Gasteiger partial charge is 0.328 e. The van der Waals surface area contributed by atoms with Crippen molar-refractivity contribution in [1.29, 1.82) is 0 Å². The fourth-order valence-corrected chi connectivity index (χ4v) is 1.92. The van der Waals surface area contributed by atoms with Crippen molar-refractivity contribution in [3.63, 3.8) is 0 Å². The monoisotopic (exact) mass is 285 g/mol. The zero-order valence-electron chi connectivity index (χ0n) is 11.7. The molecule has 2 rings (SSSR count). The summed E-state index contributed by atoms with van der Waals surface area (Å²) in [6.45, 7) is 1.87. The molecular formula is C15H15N3O3. The highest BCUT2D eigenvalue weighted by Gasteiger charge is 2.10. The van der Waals surface area contributed by atoms with Gasteiger partial charge in [-0.05, 0) is 36.3 Å². The summed E-state index contributed by atoms with van der Waals surface area (Å²) in [5, 5.41) is 11.4. The van der Waals surface area contributed by atoms with Crippen LogP contribution in [0.2, 0.25) is 0 Å². The summed E-state index contributed by atoms with van der Waals surface area (Å²) in [6, 6.07) is 5.35. The Bertz CT molecular complexity index is 717. The van der Waals surface area contributed by atoms with Gasteiger partial charge in [0.15, 0.2) is 0 Å². The molecule has 0 fully saturated rings. The van der Waals surface area contributed by atoms with E-state index in [9.17, 15) is 9.59 Å². The average molecular weight is 285 g/mol. The van der Waals surface area contributed by atoms with Crippen molar-refractivity contribution in [3.05, 3.63) is 53.6 Å². The Morgan fingerprint density at radius 2 is 2.10 bits per heavy atom. The van der Waals surface area contributed by atoms with Gasteiger partial charge in [-0.2, -0.15) is 0 Å². The van der Waals surface area contributed by atoms with Crippen molar-refractivity contribution in [2.24, 2.45) is 7.05 Å². The molecule has 0 bridgehead atoms. The van der Waals surface area contributed by atoms with Crippen molar-refractivity contribution in [2.45, 2.75) is 6.92 Å². The normalized spacial score (nSPS) is 10.8. The van der Waals surface area contributed by atoms with Gasteiger partial charge in [-0.3, -0.25) is 4.79 Å². The topological polar surface area (TPSA) is 84.2 Å². The summed E-state index contributed by atoms with van der Waals surface area (Å²) < 4.78 is 1.62. The second kappa shape index (κ2) is 6.04. The number of aryl methyl sites for hydroxylation is 2. The third-order valence-electron chi connectivity index (χ3n) is 2.83. The van der Waals surface area contributed by atoms with Crippen LogP contribution >= 0.6 is 0 Å². The number of amides is 1. The number of carbonyl (C=O) groups is 2. The van der Waals surface area contributed by atoms with E-state index in [1.807, 2.05) is 19.1 Å². The van der Waals surface area contributed by atoms with Gasteiger partial charge < -0.3 is 15.0 Å². The van der Waals surface area contributed by atoms with Crippen LogP contribution in [0.5, 0.6) is 0 Å². The second-order valence-electron chi connectivity index (χ2n) is 4.65. The van der Waals surface area contributed by atoms with E-state index in [0.29, 0.717) is 16.9 Å². The van der Waals surface area contributed by atoms with E-state index in [1.54, 1.807) is 24.0 Å². The minimum absolute atomic E-state index is 0.270. The average Bonchev–Trinajstić information content (AvgIpc) is 2.82. The van der Waals surface area contributed by atoms with Gasteiger partial charge in [0, 0.05) is 18.8 Å². The number of nitrogens with one attached hydrogen (secondary N) is 1. The lowest BCUT2D eigenvalue weighted by Gasteiger charge is -2.08. The molecule has 2 N–H and O–H groups in total. The highest BCUT2D eigenvalue weighted by molar-refractivity contribution is 6.03. The molecule has 2 aromatic rings. The molecule has 1 aromatic carbocycles. The predicted molar refractivity (Wildman–Crippen MR) is 79.0 cm³/mol. The van der Waals surface area contributed by atoms with Gasteiger partial charge in [-0.1, -0.05) is 6.07 Å². The molecule has 6 nitrogen and oxygen atoms in total. The van der Waals surface area contributed by atoms with Crippen LogP contribution in [0.1, 0.15) is 21.6 Å². The van der Waals surface area contributed by atoms with Gasteiger partial charge in [-0.25, -0.2) is 9.78 Å². The first-order valence-electron chi connectivity index (χ1n) is 6.26. The van der Waals surface area contributed by atoms with E-state index < -0.39 is 5.97 Å². The first kappa shape index (κ1) is 14.5. The van der Waals surface area contributed by atoms with E-state index >= 15 is 0 Å². The fraction of sp³-hybridized carbons (Fsp3) is 0.133. The van der Waals surface area contributed by atoms with Gasteiger partial charge in [0.2, 0.25) is 0 Å². The molecule has 0 atom stereocenters. The standard InChI is InChI=1S/C15H15N3O3/c1-10-5-11(3-4-14(19)20)7-12(6-10)17-15(21)13-8-16-9-18(13)2/h3-9H,1-2H3,(H,17,21)(H,19,20)/b4-3+. The Morgan fingerprint density at radius 3 is 2.71 bits per heavy atom. The summed E-state index contributed by atoms with van der Waals surface area (Å²) in [7, 11) is 1.74. The van der Waals surface area contributed by atoms with Crippen LogP contribution in [-0.4, -0.2) is 26.5 Å². The molecule has 108 valence electrons. The van der Waals surface area contributed by atoms with Crippen LogP contribution in [0.15, 0.2) is 36.8 Å². The molecule has 0 aliphatic carbocycles. The molecule has 21 heavy (non-hydrogen) atoms. The Kier molecular flexibility index (Phi) is 4.18. The third kappa shape index (κ3) is 3.79. The van der Waals surface area contributed by atoms with Gasteiger partial charge >= 0.3 is 5.97 Å². The lowest BCUT2D eigenvalue weighted by atomic mass is 10.1. The van der Waals surface area contributed by atoms with E-state index in [2.05, 4.69) is 10.3 Å². The Morgan fingerprint density at radius 1 is 1.33 bits per heavy atom. The summed E-state index contributed by atoms with van der Waals surface area (Å²) in [5.41, 5.74) is 2.67. The highest BCUT2D eigenvalue weighted by atomic mass is 16.4. The zero-order chi connectivity index (χ0) is 15.4. The number of anilines is 1. The molecule has 0 aliphatic rings. The first-order chi connectivity index (χ1) is 9.95. The minimum Gasteiger partial charge on any atom is -0.478 e. The number of aliphatic carboxylic acids is 1. The Hall–Kier alpha value is -2.89. The molecule has 1 amide bonds. The van der Waals surface area contributed by atoms with Crippen molar-refractivity contribution in [2.75, 3.05) is 5.32 Å². The molecule has 0 radical (unpaired) electrons. The largest absolute Gasteiger partial charge is 0.478 e. The maximum atomic E-state index is 12.1. The first-order valence-corrected chi connectivity index (χ1v) is 6.26. The third-order valence-corrected chi connectivity index (χ3v) is 2.83. The molecule has 0 aliphatic heterocycles. The zero-order valence-corrected chi connectivity index (χ0v) is 11.7. The van der Waals surface area contributed by atoms with E-state index in [1.165, 1.54) is 12.3 Å². The number of nitrogens with zero attached hydrogens (tertiary/aromatic N) is 2. The number of carboxylic acid groups (broad SMARTS) is 1. The Balaban J connectivity index is 2.22. The van der Waals surface area contributed by atoms with Crippen molar-refractivity contribution in [3.8, 4) is 0 Å². The SMILES string of the molecule is Cc1cc(/C=C/C(=O)O)cc(NC(=O)c2cncn2C)c1. The summed E-state index contributed by atoms with van der Waals surface area (Å²) in [4.78, 5) is 26.5. The van der Waals surface area contributed by atoms with Crippen LogP contribution in [0.4, 0.5) is 5.69 Å². The molecular weight excluding hydrogens is 270 g/mol. The lowest BCUT2D eigenvalue weighted by molar-refractivity contribution is -0.131. The van der Waals surface area contributed by atoms with Crippen molar-refractivity contribution >= 4 is 23.6 Å². The predicted octanol–water partition coefficient (Wildman–Crippen LogP) is 2.08. The van der Waals surface area contributed by atoms with Crippen LogP contribution < -0.4 is 5.32 Å². The van der Waals surface area contributed by atoms with Crippen molar-refractivity contribution in [1.82, 2.24) is 9.55 Å². The fourth-order valence-electron chi connectivity index (χ4n) is 1.92. The maximum Gasteiger partial charge on any atom is 0.328 e. The molecule has 1 heterocycles. The van der Waals surface area contributed by atoms with Crippen molar-refractivity contribution < 1.29 is 14.7 Å². The summed E-state index contributed by atoms with van der Waals surface area (Å²) in [6.07, 6.45) is 5.57. The number of aromatic nitrogens is 2. The number of carbonyl (C=O) groups excluding carboxylic acids is 1. The number of hydrogen-bond donors (Lipinski definition) is 2. The quantitative estimate of drug-likeness (QED) is 0.842. The molecule has 0 unspecified atom stereocenters. The van der Waals surface area contributed by atoms with Crippen LogP contribution in [0.3, 0.4) is 0 Å². The van der Waals surface area contributed by atoms with E-state index in [0.717, 1.165) is 11.6 Å². The number of benzene rings is 1. The van der Waals surface area contributed by atoms with Crippen LogP contribution in [0.25, 0.3) is 6.08 Å². The van der Waals surface area contributed by atoms with Crippen LogP contribution in [0, 0.1) is 6.92 Å². The molecule has 1 aromatic heterocycles. The highest BCUT2D eigenvalue weighted by Crippen LogP contribution is 2.16. The number of imidazole rings is 1. The van der Waals surface area contributed by atoms with Gasteiger partial charge in [0.1, 0.15) is 5.69 Å². The van der Waals surface area contributed by atoms with Gasteiger partial charge in [-0.15, -0.1) is 0 Å². The minimum atomic E-state index is -1.02. The number of rotatable bonds is 4. The molecule has 6 heteroatoms. The summed E-state index contributed by atoms with van der Waals surface area (Å²) >= 11 is 0. The van der Waals surface area contributed by atoms with Gasteiger partial charge in [0.25, 0.3) is 5.91 Å². The van der Waals surface area contributed by atoms with E-state index in [4.69, 9.17) is 5.11 Å². The maximum absolute atomic E-state index is 12.1. The Labute approximate surface area is 121 Å². The molecule has 0 saturated heterocycles. The lowest BCUT2D eigenvalue weighted by Crippen LogP contribution is -2.15. The van der Waals surface area contributed by atoms with Crippen LogP contribution in [-0.2, 0) is 11.8 Å². The molecule has 0 spiro atoms.